The number of aromatic nitrogens is 1. The molecule has 1 aliphatic rings. The van der Waals surface area contributed by atoms with E-state index in [0.29, 0.717) is 6.61 Å². The van der Waals surface area contributed by atoms with Crippen LogP contribution < -0.4 is 10.2 Å². The van der Waals surface area contributed by atoms with Gasteiger partial charge in [-0.3, -0.25) is 0 Å². The molecule has 0 bridgehead atoms. The predicted octanol–water partition coefficient (Wildman–Crippen LogP) is 2.64. The van der Waals surface area contributed by atoms with Crippen LogP contribution >= 0.6 is 11.3 Å². The van der Waals surface area contributed by atoms with Gasteiger partial charge in [-0.05, 0) is 32.2 Å². The van der Waals surface area contributed by atoms with Gasteiger partial charge >= 0.3 is 0 Å². The third-order valence-corrected chi connectivity index (χ3v) is 4.57. The van der Waals surface area contributed by atoms with Gasteiger partial charge in [0.1, 0.15) is 0 Å². The Morgan fingerprint density at radius 2 is 2.21 bits per heavy atom. The molecular formula is C14H25N3OS. The highest BCUT2D eigenvalue weighted by atomic mass is 32.1. The van der Waals surface area contributed by atoms with Crippen LogP contribution in [0.3, 0.4) is 0 Å². The number of rotatable bonds is 9. The van der Waals surface area contributed by atoms with Gasteiger partial charge < -0.3 is 15.0 Å². The zero-order valence-corrected chi connectivity index (χ0v) is 13.1. The summed E-state index contributed by atoms with van der Waals surface area (Å²) in [5, 5.41) is 4.54. The number of hydrogen-bond acceptors (Lipinski definition) is 5. The zero-order chi connectivity index (χ0) is 13.7. The number of thiazole rings is 1. The highest BCUT2D eigenvalue weighted by Crippen LogP contribution is 2.33. The molecule has 1 fully saturated rings. The summed E-state index contributed by atoms with van der Waals surface area (Å²) in [6.07, 6.45) is 2.77. The second-order valence-electron chi connectivity index (χ2n) is 5.06. The zero-order valence-electron chi connectivity index (χ0n) is 12.2. The number of nitrogens with zero attached hydrogens (tertiary/aromatic N) is 2. The number of anilines is 1. The summed E-state index contributed by atoms with van der Waals surface area (Å²) in [6, 6.07) is 0. The van der Waals surface area contributed by atoms with Crippen LogP contribution in [-0.2, 0) is 17.9 Å². The minimum absolute atomic E-state index is 0.609. The largest absolute Gasteiger partial charge is 0.378 e. The summed E-state index contributed by atoms with van der Waals surface area (Å²) in [5.41, 5.74) is 1.10. The average Bonchev–Trinajstić information content (AvgIpc) is 3.15. The lowest BCUT2D eigenvalue weighted by Gasteiger charge is -2.19. The first-order valence-electron chi connectivity index (χ1n) is 7.21. The summed E-state index contributed by atoms with van der Waals surface area (Å²) in [4.78, 5) is 8.51. The summed E-state index contributed by atoms with van der Waals surface area (Å²) < 4.78 is 5.27. The van der Waals surface area contributed by atoms with E-state index in [9.17, 15) is 0 Å². The van der Waals surface area contributed by atoms with E-state index < -0.39 is 0 Å². The van der Waals surface area contributed by atoms with Crippen LogP contribution in [0, 0.1) is 5.92 Å². The number of nitrogens with one attached hydrogen (secondary N) is 1. The molecule has 5 heteroatoms. The minimum atomic E-state index is 0.609. The van der Waals surface area contributed by atoms with Crippen molar-refractivity contribution < 1.29 is 4.74 Å². The molecule has 0 unspecified atom stereocenters. The van der Waals surface area contributed by atoms with Crippen molar-refractivity contribution in [2.75, 3.05) is 31.6 Å². The van der Waals surface area contributed by atoms with Crippen molar-refractivity contribution in [3.63, 3.8) is 0 Å². The first-order chi connectivity index (χ1) is 9.28. The van der Waals surface area contributed by atoms with E-state index in [2.05, 4.69) is 24.1 Å². The number of methoxy groups -OCH3 is 1. The summed E-state index contributed by atoms with van der Waals surface area (Å²) in [6.45, 7) is 9.03. The maximum atomic E-state index is 5.27. The Morgan fingerprint density at radius 1 is 1.42 bits per heavy atom. The van der Waals surface area contributed by atoms with Gasteiger partial charge in [-0.1, -0.05) is 6.92 Å². The van der Waals surface area contributed by atoms with Crippen molar-refractivity contribution in [3.05, 3.63) is 10.6 Å². The summed E-state index contributed by atoms with van der Waals surface area (Å²) >= 11 is 1.81. The molecule has 0 aliphatic heterocycles. The molecule has 0 atom stereocenters. The maximum absolute atomic E-state index is 5.27. The van der Waals surface area contributed by atoms with E-state index in [1.54, 1.807) is 7.11 Å². The lowest BCUT2D eigenvalue weighted by molar-refractivity contribution is 0.181. The Kier molecular flexibility index (Phi) is 5.60. The van der Waals surface area contributed by atoms with Gasteiger partial charge in [-0.25, -0.2) is 4.98 Å². The van der Waals surface area contributed by atoms with Crippen molar-refractivity contribution in [1.82, 2.24) is 10.3 Å². The first kappa shape index (κ1) is 14.8. The van der Waals surface area contributed by atoms with E-state index in [4.69, 9.17) is 9.72 Å². The molecule has 1 saturated carbocycles. The molecule has 0 aromatic carbocycles. The summed E-state index contributed by atoms with van der Waals surface area (Å²) in [7, 11) is 1.73. The van der Waals surface area contributed by atoms with E-state index in [1.807, 2.05) is 11.3 Å². The van der Waals surface area contributed by atoms with E-state index in [1.165, 1.54) is 17.7 Å². The molecule has 0 spiro atoms. The average molecular weight is 283 g/mol. The Hall–Kier alpha value is -0.650. The van der Waals surface area contributed by atoms with Gasteiger partial charge in [0.15, 0.2) is 5.13 Å². The standard InChI is InChI=1S/C14H25N3OS/c1-4-15-8-13-12(10-18-3)16-14(19-13)17(5-2)9-11-6-7-11/h11,15H,4-10H2,1-3H3. The number of hydrogen-bond donors (Lipinski definition) is 1. The van der Waals surface area contributed by atoms with Crippen LogP contribution in [0.5, 0.6) is 0 Å². The molecule has 1 heterocycles. The van der Waals surface area contributed by atoms with Gasteiger partial charge in [0.25, 0.3) is 0 Å². The lowest BCUT2D eigenvalue weighted by Crippen LogP contribution is -2.25. The van der Waals surface area contributed by atoms with Gasteiger partial charge in [0.05, 0.1) is 12.3 Å². The Labute approximate surface area is 120 Å². The Morgan fingerprint density at radius 3 is 2.79 bits per heavy atom. The molecule has 1 aromatic heterocycles. The molecule has 1 N–H and O–H groups in total. The van der Waals surface area contributed by atoms with Crippen LogP contribution in [0.4, 0.5) is 5.13 Å². The van der Waals surface area contributed by atoms with Crippen molar-refractivity contribution >= 4 is 16.5 Å². The van der Waals surface area contributed by atoms with Crippen molar-refractivity contribution in [2.24, 2.45) is 5.92 Å². The third kappa shape index (κ3) is 4.16. The highest BCUT2D eigenvalue weighted by molar-refractivity contribution is 7.15. The van der Waals surface area contributed by atoms with Crippen LogP contribution in [0.1, 0.15) is 37.3 Å². The minimum Gasteiger partial charge on any atom is -0.378 e. The van der Waals surface area contributed by atoms with Crippen LogP contribution in [0.15, 0.2) is 0 Å². The highest BCUT2D eigenvalue weighted by Gasteiger charge is 2.25. The van der Waals surface area contributed by atoms with Crippen LogP contribution in [0.25, 0.3) is 0 Å². The predicted molar refractivity (Wildman–Crippen MR) is 80.8 cm³/mol. The fourth-order valence-corrected chi connectivity index (χ4v) is 3.19. The number of ether oxygens (including phenoxy) is 1. The second kappa shape index (κ2) is 7.22. The fourth-order valence-electron chi connectivity index (χ4n) is 2.09. The van der Waals surface area contributed by atoms with Gasteiger partial charge in [0.2, 0.25) is 0 Å². The van der Waals surface area contributed by atoms with Crippen molar-refractivity contribution in [1.29, 1.82) is 0 Å². The van der Waals surface area contributed by atoms with Gasteiger partial charge in [-0.15, -0.1) is 11.3 Å². The normalized spacial score (nSPS) is 14.9. The Bertz CT molecular complexity index is 390. The van der Waals surface area contributed by atoms with Crippen LogP contribution in [0.2, 0.25) is 0 Å². The smallest absolute Gasteiger partial charge is 0.185 e. The quantitative estimate of drug-likeness (QED) is 0.756. The monoisotopic (exact) mass is 283 g/mol. The van der Waals surface area contributed by atoms with Crippen LogP contribution in [-0.4, -0.2) is 31.7 Å². The van der Waals surface area contributed by atoms with Crippen molar-refractivity contribution in [2.45, 2.75) is 39.8 Å². The molecule has 2 rings (SSSR count). The van der Waals surface area contributed by atoms with Gasteiger partial charge in [0, 0.05) is 31.6 Å². The topological polar surface area (TPSA) is 37.4 Å². The van der Waals surface area contributed by atoms with E-state index in [-0.39, 0.29) is 0 Å². The molecule has 0 saturated heterocycles. The molecule has 108 valence electrons. The Balaban J connectivity index is 2.09. The molecular weight excluding hydrogens is 258 g/mol. The molecule has 1 aliphatic carbocycles. The van der Waals surface area contributed by atoms with Crippen molar-refractivity contribution in [3.8, 4) is 0 Å². The first-order valence-corrected chi connectivity index (χ1v) is 8.03. The maximum Gasteiger partial charge on any atom is 0.185 e. The molecule has 0 radical (unpaired) electrons. The summed E-state index contributed by atoms with van der Waals surface area (Å²) in [5.74, 6) is 0.895. The van der Waals surface area contributed by atoms with E-state index >= 15 is 0 Å². The molecule has 4 nitrogen and oxygen atoms in total. The fraction of sp³-hybridized carbons (Fsp3) is 0.786. The van der Waals surface area contributed by atoms with E-state index in [0.717, 1.165) is 42.9 Å². The van der Waals surface area contributed by atoms with Gasteiger partial charge in [-0.2, -0.15) is 0 Å². The molecule has 0 amide bonds. The third-order valence-electron chi connectivity index (χ3n) is 3.41. The lowest BCUT2D eigenvalue weighted by atomic mass is 10.3. The molecule has 19 heavy (non-hydrogen) atoms. The molecule has 1 aromatic rings. The second-order valence-corrected chi connectivity index (χ2v) is 6.12. The SMILES string of the molecule is CCNCc1sc(N(CC)CC2CC2)nc1COC.